The third-order valence-electron chi connectivity index (χ3n) is 2.21. The Hall–Kier alpha value is -1.69. The topological polar surface area (TPSA) is 70.2 Å². The van der Waals surface area contributed by atoms with Crippen LogP contribution in [-0.2, 0) is 0 Å². The zero-order valence-corrected chi connectivity index (χ0v) is 10.5. The molecule has 0 aliphatic heterocycles. The Morgan fingerprint density at radius 2 is 2.12 bits per heavy atom. The van der Waals surface area contributed by atoms with Gasteiger partial charge >= 0.3 is 0 Å². The normalized spacial score (nSPS) is 10.4. The van der Waals surface area contributed by atoms with Crippen molar-refractivity contribution in [2.75, 3.05) is 39.5 Å². The smallest absolute Gasteiger partial charge is 0.271 e. The largest absolute Gasteiger partial charge is 0.369 e. The third kappa shape index (κ3) is 4.78. The summed E-state index contributed by atoms with van der Waals surface area (Å²) in [5.41, 5.74) is 0.325. The van der Waals surface area contributed by atoms with E-state index >= 15 is 0 Å². The summed E-state index contributed by atoms with van der Waals surface area (Å²) in [5, 5.41) is 13.4. The van der Waals surface area contributed by atoms with Gasteiger partial charge in [-0.2, -0.15) is 0 Å². The molecular formula is C11H19N5O. The van der Waals surface area contributed by atoms with Crippen LogP contribution in [0.5, 0.6) is 0 Å². The standard InChI is InChI=1S/C11H19N5O/c1-12-11(17)9-5-6-10(15-14-9)13-7-4-8-16(2)3/h5-6H,4,7-8H2,1-3H3,(H,12,17)(H,13,15). The van der Waals surface area contributed by atoms with Crippen LogP contribution >= 0.6 is 0 Å². The zero-order valence-electron chi connectivity index (χ0n) is 10.5. The highest BCUT2D eigenvalue weighted by molar-refractivity contribution is 5.91. The van der Waals surface area contributed by atoms with E-state index in [2.05, 4.69) is 25.7 Å². The molecule has 1 aromatic rings. The molecule has 6 heteroatoms. The lowest BCUT2D eigenvalue weighted by Crippen LogP contribution is -2.20. The molecule has 0 unspecified atom stereocenters. The number of carbonyl (C=O) groups is 1. The van der Waals surface area contributed by atoms with E-state index in [0.717, 1.165) is 19.5 Å². The number of amides is 1. The van der Waals surface area contributed by atoms with Crippen molar-refractivity contribution in [2.45, 2.75) is 6.42 Å². The maximum atomic E-state index is 11.2. The minimum atomic E-state index is -0.225. The van der Waals surface area contributed by atoms with Gasteiger partial charge in [0.2, 0.25) is 0 Å². The molecule has 0 bridgehead atoms. The van der Waals surface area contributed by atoms with E-state index in [1.807, 2.05) is 14.1 Å². The second-order valence-corrected chi connectivity index (χ2v) is 3.97. The second kappa shape index (κ2) is 6.80. The van der Waals surface area contributed by atoms with E-state index in [1.54, 1.807) is 19.2 Å². The van der Waals surface area contributed by atoms with Crippen LogP contribution in [0, 0.1) is 0 Å². The average Bonchev–Trinajstić information content (AvgIpc) is 2.34. The molecule has 0 spiro atoms. The molecular weight excluding hydrogens is 218 g/mol. The Morgan fingerprint density at radius 3 is 2.65 bits per heavy atom. The Balaban J connectivity index is 2.38. The van der Waals surface area contributed by atoms with Gasteiger partial charge in [-0.05, 0) is 39.2 Å². The molecule has 0 saturated heterocycles. The molecule has 0 fully saturated rings. The number of aromatic nitrogens is 2. The molecule has 0 aromatic carbocycles. The summed E-state index contributed by atoms with van der Waals surface area (Å²) in [6, 6.07) is 3.41. The van der Waals surface area contributed by atoms with Crippen molar-refractivity contribution >= 4 is 11.7 Å². The molecule has 0 aliphatic rings. The lowest BCUT2D eigenvalue weighted by Gasteiger charge is -2.09. The van der Waals surface area contributed by atoms with Gasteiger partial charge in [-0.1, -0.05) is 0 Å². The van der Waals surface area contributed by atoms with Crippen LogP contribution in [0.15, 0.2) is 12.1 Å². The number of carbonyl (C=O) groups excluding carboxylic acids is 1. The van der Waals surface area contributed by atoms with E-state index in [4.69, 9.17) is 0 Å². The van der Waals surface area contributed by atoms with Crippen LogP contribution < -0.4 is 10.6 Å². The number of rotatable bonds is 6. The van der Waals surface area contributed by atoms with E-state index in [9.17, 15) is 4.79 Å². The number of nitrogens with zero attached hydrogens (tertiary/aromatic N) is 3. The highest BCUT2D eigenvalue weighted by Gasteiger charge is 2.04. The second-order valence-electron chi connectivity index (χ2n) is 3.97. The van der Waals surface area contributed by atoms with Gasteiger partial charge in [0.1, 0.15) is 5.82 Å². The summed E-state index contributed by atoms with van der Waals surface area (Å²) in [6.45, 7) is 1.86. The van der Waals surface area contributed by atoms with E-state index in [1.165, 1.54) is 0 Å². The number of hydrogen-bond acceptors (Lipinski definition) is 5. The van der Waals surface area contributed by atoms with Crippen molar-refractivity contribution in [1.29, 1.82) is 0 Å². The first-order valence-electron chi connectivity index (χ1n) is 5.58. The van der Waals surface area contributed by atoms with Gasteiger partial charge in [0, 0.05) is 13.6 Å². The fourth-order valence-corrected chi connectivity index (χ4v) is 1.29. The summed E-state index contributed by atoms with van der Waals surface area (Å²) in [7, 11) is 5.65. The summed E-state index contributed by atoms with van der Waals surface area (Å²) < 4.78 is 0. The maximum absolute atomic E-state index is 11.2. The van der Waals surface area contributed by atoms with Gasteiger partial charge in [0.15, 0.2) is 5.69 Å². The van der Waals surface area contributed by atoms with E-state index in [-0.39, 0.29) is 5.91 Å². The van der Waals surface area contributed by atoms with Crippen molar-refractivity contribution in [1.82, 2.24) is 20.4 Å². The molecule has 1 amide bonds. The molecule has 1 heterocycles. The van der Waals surface area contributed by atoms with Crippen LogP contribution in [0.25, 0.3) is 0 Å². The molecule has 0 saturated carbocycles. The molecule has 1 rings (SSSR count). The van der Waals surface area contributed by atoms with Gasteiger partial charge in [0.05, 0.1) is 0 Å². The summed E-state index contributed by atoms with van der Waals surface area (Å²) in [5.74, 6) is 0.466. The van der Waals surface area contributed by atoms with Crippen LogP contribution in [0.2, 0.25) is 0 Å². The molecule has 0 aliphatic carbocycles. The molecule has 17 heavy (non-hydrogen) atoms. The number of hydrogen-bond donors (Lipinski definition) is 2. The van der Waals surface area contributed by atoms with Crippen LogP contribution in [0.1, 0.15) is 16.9 Å². The van der Waals surface area contributed by atoms with E-state index in [0.29, 0.717) is 11.5 Å². The first-order valence-corrected chi connectivity index (χ1v) is 5.58. The fraction of sp³-hybridized carbons (Fsp3) is 0.545. The van der Waals surface area contributed by atoms with Gasteiger partial charge < -0.3 is 15.5 Å². The third-order valence-corrected chi connectivity index (χ3v) is 2.21. The van der Waals surface area contributed by atoms with Crippen molar-refractivity contribution in [3.63, 3.8) is 0 Å². The summed E-state index contributed by atoms with van der Waals surface area (Å²) in [6.07, 6.45) is 1.03. The first-order chi connectivity index (χ1) is 8.13. The van der Waals surface area contributed by atoms with Crippen LogP contribution in [-0.4, -0.2) is 55.2 Å². The minimum Gasteiger partial charge on any atom is -0.369 e. The first kappa shape index (κ1) is 13.4. The molecule has 0 radical (unpaired) electrons. The maximum Gasteiger partial charge on any atom is 0.271 e. The lowest BCUT2D eigenvalue weighted by atomic mass is 10.3. The van der Waals surface area contributed by atoms with Gasteiger partial charge in [0.25, 0.3) is 5.91 Å². The van der Waals surface area contributed by atoms with E-state index < -0.39 is 0 Å². The molecule has 0 atom stereocenters. The number of anilines is 1. The van der Waals surface area contributed by atoms with Crippen molar-refractivity contribution in [3.8, 4) is 0 Å². The SMILES string of the molecule is CNC(=O)c1ccc(NCCCN(C)C)nn1. The lowest BCUT2D eigenvalue weighted by molar-refractivity contribution is 0.0957. The summed E-state index contributed by atoms with van der Waals surface area (Å²) in [4.78, 5) is 13.3. The Kier molecular flexibility index (Phi) is 5.35. The molecule has 6 nitrogen and oxygen atoms in total. The zero-order chi connectivity index (χ0) is 12.7. The van der Waals surface area contributed by atoms with Crippen molar-refractivity contribution in [3.05, 3.63) is 17.8 Å². The average molecular weight is 237 g/mol. The van der Waals surface area contributed by atoms with Crippen molar-refractivity contribution in [2.24, 2.45) is 0 Å². The highest BCUT2D eigenvalue weighted by atomic mass is 16.1. The van der Waals surface area contributed by atoms with Crippen LogP contribution in [0.4, 0.5) is 5.82 Å². The fourth-order valence-electron chi connectivity index (χ4n) is 1.29. The predicted molar refractivity (Wildman–Crippen MR) is 67.1 cm³/mol. The predicted octanol–water partition coefficient (Wildman–Crippen LogP) is 0.200. The molecule has 2 N–H and O–H groups in total. The van der Waals surface area contributed by atoms with Gasteiger partial charge in [-0.15, -0.1) is 10.2 Å². The van der Waals surface area contributed by atoms with Crippen LogP contribution in [0.3, 0.4) is 0 Å². The number of nitrogens with one attached hydrogen (secondary N) is 2. The molecule has 94 valence electrons. The van der Waals surface area contributed by atoms with Gasteiger partial charge in [-0.25, -0.2) is 0 Å². The highest BCUT2D eigenvalue weighted by Crippen LogP contribution is 2.01. The summed E-state index contributed by atoms with van der Waals surface area (Å²) >= 11 is 0. The Labute approximate surface area is 101 Å². The molecule has 1 aromatic heterocycles. The Bertz CT molecular complexity index is 349. The quantitative estimate of drug-likeness (QED) is 0.692. The minimum absolute atomic E-state index is 0.225. The Morgan fingerprint density at radius 1 is 1.35 bits per heavy atom. The van der Waals surface area contributed by atoms with Gasteiger partial charge in [-0.3, -0.25) is 4.79 Å². The van der Waals surface area contributed by atoms with Crippen molar-refractivity contribution < 1.29 is 4.79 Å². The monoisotopic (exact) mass is 237 g/mol.